The first-order valence-electron chi connectivity index (χ1n) is 12.9. The molecule has 6 rings (SSSR count). The quantitative estimate of drug-likeness (QED) is 0.286. The first-order valence-corrected chi connectivity index (χ1v) is 12.9. The van der Waals surface area contributed by atoms with Gasteiger partial charge in [0.05, 0.1) is 11.2 Å². The maximum absolute atomic E-state index is 6.30. The van der Waals surface area contributed by atoms with Gasteiger partial charge in [0, 0.05) is 5.41 Å². The highest BCUT2D eigenvalue weighted by atomic mass is 16.7. The standard InChI is InChI=1S/C33H33BO2/c1-31(2)29-16-8-7-15-27(29)28-18-17-25(21-30(28)31)23-12-9-11-22(19-23)24-13-10-14-26(20-24)34-35-32(3,4)33(5,6)36-34/h7-21H,1-6H3. The van der Waals surface area contributed by atoms with Gasteiger partial charge in [0.15, 0.2) is 0 Å². The number of benzene rings is 4. The SMILES string of the molecule is CC1(C)c2ccccc2-c2ccc(-c3cccc(-c4cccc(B5OC(C)(C)C(C)(C)O5)c4)c3)cc21. The Morgan fingerprint density at radius 1 is 0.500 bits per heavy atom. The van der Waals surface area contributed by atoms with Gasteiger partial charge in [-0.3, -0.25) is 0 Å². The Bertz CT molecular complexity index is 1460. The highest BCUT2D eigenvalue weighted by Crippen LogP contribution is 2.49. The smallest absolute Gasteiger partial charge is 0.399 e. The van der Waals surface area contributed by atoms with E-state index in [1.165, 1.54) is 38.9 Å². The Kier molecular flexibility index (Phi) is 5.13. The maximum Gasteiger partial charge on any atom is 0.494 e. The molecule has 0 bridgehead atoms. The van der Waals surface area contributed by atoms with Crippen molar-refractivity contribution in [2.24, 2.45) is 0 Å². The van der Waals surface area contributed by atoms with Gasteiger partial charge < -0.3 is 9.31 Å². The Morgan fingerprint density at radius 3 is 1.75 bits per heavy atom. The van der Waals surface area contributed by atoms with Crippen molar-refractivity contribution in [2.45, 2.75) is 58.2 Å². The van der Waals surface area contributed by atoms with Gasteiger partial charge in [0.25, 0.3) is 0 Å². The molecule has 4 aromatic rings. The van der Waals surface area contributed by atoms with Crippen molar-refractivity contribution in [1.29, 1.82) is 0 Å². The van der Waals surface area contributed by atoms with Crippen molar-refractivity contribution < 1.29 is 9.31 Å². The summed E-state index contributed by atoms with van der Waals surface area (Å²) < 4.78 is 12.6. The number of rotatable bonds is 3. The molecule has 1 fully saturated rings. The fourth-order valence-corrected chi connectivity index (χ4v) is 5.61. The molecule has 1 aliphatic heterocycles. The van der Waals surface area contributed by atoms with Gasteiger partial charge in [-0.2, -0.15) is 0 Å². The predicted molar refractivity (Wildman–Crippen MR) is 151 cm³/mol. The zero-order chi connectivity index (χ0) is 25.3. The van der Waals surface area contributed by atoms with E-state index >= 15 is 0 Å². The average molecular weight is 472 g/mol. The zero-order valence-corrected chi connectivity index (χ0v) is 22.1. The van der Waals surface area contributed by atoms with E-state index in [1.54, 1.807) is 0 Å². The predicted octanol–water partition coefficient (Wildman–Crippen LogP) is 7.63. The largest absolute Gasteiger partial charge is 0.494 e. The summed E-state index contributed by atoms with van der Waals surface area (Å²) in [5.74, 6) is 0. The highest BCUT2D eigenvalue weighted by molar-refractivity contribution is 6.62. The van der Waals surface area contributed by atoms with E-state index in [0.29, 0.717) is 0 Å². The second-order valence-electron chi connectivity index (χ2n) is 11.7. The normalized spacial score (nSPS) is 18.7. The van der Waals surface area contributed by atoms with Crippen LogP contribution >= 0.6 is 0 Å². The molecule has 4 aromatic carbocycles. The molecule has 3 heteroatoms. The first-order chi connectivity index (χ1) is 17.1. The summed E-state index contributed by atoms with van der Waals surface area (Å²) in [6.45, 7) is 13.0. The second kappa shape index (κ2) is 7.93. The monoisotopic (exact) mass is 472 g/mol. The van der Waals surface area contributed by atoms with Crippen LogP contribution in [0.15, 0.2) is 91.0 Å². The molecule has 0 N–H and O–H groups in total. The lowest BCUT2D eigenvalue weighted by molar-refractivity contribution is 0.00578. The fraction of sp³-hybridized carbons (Fsp3) is 0.273. The van der Waals surface area contributed by atoms with Crippen LogP contribution in [0.3, 0.4) is 0 Å². The van der Waals surface area contributed by atoms with Gasteiger partial charge in [0.2, 0.25) is 0 Å². The molecule has 0 atom stereocenters. The van der Waals surface area contributed by atoms with Crippen molar-refractivity contribution in [2.75, 3.05) is 0 Å². The van der Waals surface area contributed by atoms with Gasteiger partial charge in [-0.15, -0.1) is 0 Å². The maximum atomic E-state index is 6.30. The Hall–Kier alpha value is -3.14. The number of hydrogen-bond donors (Lipinski definition) is 0. The molecule has 180 valence electrons. The molecule has 0 radical (unpaired) electrons. The van der Waals surface area contributed by atoms with E-state index in [2.05, 4.69) is 133 Å². The highest BCUT2D eigenvalue weighted by Gasteiger charge is 2.51. The lowest BCUT2D eigenvalue weighted by Gasteiger charge is -2.32. The van der Waals surface area contributed by atoms with Gasteiger partial charge in [-0.1, -0.05) is 92.7 Å². The van der Waals surface area contributed by atoms with E-state index < -0.39 is 0 Å². The minimum absolute atomic E-state index is 0.00326. The van der Waals surface area contributed by atoms with Crippen LogP contribution in [0.2, 0.25) is 0 Å². The van der Waals surface area contributed by atoms with Crippen LogP contribution in [0.1, 0.15) is 52.7 Å². The average Bonchev–Trinajstić information content (AvgIpc) is 3.24. The van der Waals surface area contributed by atoms with E-state index in [4.69, 9.17) is 9.31 Å². The van der Waals surface area contributed by atoms with Crippen LogP contribution < -0.4 is 5.46 Å². The molecule has 0 unspecified atom stereocenters. The minimum Gasteiger partial charge on any atom is -0.399 e. The summed E-state index contributed by atoms with van der Waals surface area (Å²) in [4.78, 5) is 0. The number of fused-ring (bicyclic) bond motifs is 3. The van der Waals surface area contributed by atoms with Crippen molar-refractivity contribution in [1.82, 2.24) is 0 Å². The summed E-state index contributed by atoms with van der Waals surface area (Å²) in [7, 11) is -0.362. The van der Waals surface area contributed by atoms with E-state index in [9.17, 15) is 0 Å². The molecular formula is C33H33BO2. The zero-order valence-electron chi connectivity index (χ0n) is 22.1. The van der Waals surface area contributed by atoms with Gasteiger partial charge in [-0.25, -0.2) is 0 Å². The molecule has 0 amide bonds. The molecule has 0 aromatic heterocycles. The van der Waals surface area contributed by atoms with E-state index in [1.807, 2.05) is 0 Å². The van der Waals surface area contributed by atoms with Crippen molar-refractivity contribution in [3.05, 3.63) is 102 Å². The first kappa shape index (κ1) is 23.3. The van der Waals surface area contributed by atoms with Crippen molar-refractivity contribution >= 4 is 12.6 Å². The molecule has 2 aliphatic rings. The van der Waals surface area contributed by atoms with Crippen LogP contribution in [0.5, 0.6) is 0 Å². The van der Waals surface area contributed by atoms with Crippen molar-refractivity contribution in [3.8, 4) is 33.4 Å². The van der Waals surface area contributed by atoms with Gasteiger partial charge in [0.1, 0.15) is 0 Å². The minimum atomic E-state index is -0.362. The molecule has 1 aliphatic carbocycles. The third-order valence-corrected chi connectivity index (χ3v) is 8.52. The van der Waals surface area contributed by atoms with Crippen molar-refractivity contribution in [3.63, 3.8) is 0 Å². The lowest BCUT2D eigenvalue weighted by atomic mass is 9.78. The van der Waals surface area contributed by atoms with E-state index in [-0.39, 0.29) is 23.7 Å². The molecule has 36 heavy (non-hydrogen) atoms. The molecular weight excluding hydrogens is 439 g/mol. The summed E-state index contributed by atoms with van der Waals surface area (Å²) >= 11 is 0. The summed E-state index contributed by atoms with van der Waals surface area (Å²) in [6.07, 6.45) is 0. The molecule has 0 spiro atoms. The molecule has 1 saturated heterocycles. The van der Waals surface area contributed by atoms with Crippen LogP contribution in [0.4, 0.5) is 0 Å². The third-order valence-electron chi connectivity index (χ3n) is 8.52. The fourth-order valence-electron chi connectivity index (χ4n) is 5.61. The number of hydrogen-bond acceptors (Lipinski definition) is 2. The van der Waals surface area contributed by atoms with Crippen LogP contribution in [-0.4, -0.2) is 18.3 Å². The molecule has 1 heterocycles. The summed E-state index contributed by atoms with van der Waals surface area (Å²) in [5, 5.41) is 0. The Balaban J connectivity index is 1.35. The van der Waals surface area contributed by atoms with Crippen LogP contribution in [0, 0.1) is 0 Å². The Labute approximate surface area is 215 Å². The molecule has 0 saturated carbocycles. The lowest BCUT2D eigenvalue weighted by Crippen LogP contribution is -2.41. The Morgan fingerprint density at radius 2 is 1.06 bits per heavy atom. The third kappa shape index (κ3) is 3.57. The second-order valence-corrected chi connectivity index (χ2v) is 11.7. The van der Waals surface area contributed by atoms with Gasteiger partial charge >= 0.3 is 7.12 Å². The van der Waals surface area contributed by atoms with Gasteiger partial charge in [-0.05, 0) is 89.8 Å². The summed E-state index contributed by atoms with van der Waals surface area (Å²) in [6, 6.07) is 33.1. The molecule has 2 nitrogen and oxygen atoms in total. The topological polar surface area (TPSA) is 18.5 Å². The van der Waals surface area contributed by atoms with Crippen LogP contribution in [-0.2, 0) is 14.7 Å². The van der Waals surface area contributed by atoms with E-state index in [0.717, 1.165) is 11.0 Å². The van der Waals surface area contributed by atoms with Crippen LogP contribution in [0.25, 0.3) is 33.4 Å². The summed E-state index contributed by atoms with van der Waals surface area (Å²) in [5.41, 5.74) is 10.7.